The van der Waals surface area contributed by atoms with Crippen LogP contribution < -0.4 is 4.74 Å². The number of para-hydroxylation sites is 1. The maximum absolute atomic E-state index is 8.68. The molecule has 1 heterocycles. The van der Waals surface area contributed by atoms with Crippen molar-refractivity contribution in [3.63, 3.8) is 0 Å². The van der Waals surface area contributed by atoms with Crippen molar-refractivity contribution in [1.29, 1.82) is 5.26 Å². The van der Waals surface area contributed by atoms with Gasteiger partial charge in [-0.15, -0.1) is 0 Å². The normalized spacial score (nSPS) is 10.2. The van der Waals surface area contributed by atoms with Gasteiger partial charge in [-0.1, -0.05) is 18.2 Å². The Labute approximate surface area is 112 Å². The van der Waals surface area contributed by atoms with E-state index in [4.69, 9.17) is 14.4 Å². The maximum atomic E-state index is 8.68. The molecule has 2 aromatic rings. The fourth-order valence-corrected chi connectivity index (χ4v) is 1.98. The lowest BCUT2D eigenvalue weighted by atomic mass is 10.1. The predicted octanol–water partition coefficient (Wildman–Crippen LogP) is 2.84. The smallest absolute Gasteiger partial charge is 0.194 e. The first kappa shape index (κ1) is 13.2. The van der Waals surface area contributed by atoms with Gasteiger partial charge in [0.25, 0.3) is 0 Å². The van der Waals surface area contributed by atoms with Crippen LogP contribution >= 0.6 is 0 Å². The van der Waals surface area contributed by atoms with E-state index in [9.17, 15) is 0 Å². The van der Waals surface area contributed by atoms with Crippen LogP contribution in [0.5, 0.6) is 5.75 Å². The van der Waals surface area contributed by atoms with E-state index in [1.165, 1.54) is 0 Å². The molecule has 0 fully saturated rings. The number of nitriles is 1. The lowest BCUT2D eigenvalue weighted by Crippen LogP contribution is -1.95. The number of nitrogens with zero attached hydrogens (tertiary/aromatic N) is 2. The van der Waals surface area contributed by atoms with E-state index in [-0.39, 0.29) is 0 Å². The molecule has 0 saturated carbocycles. The minimum Gasteiger partial charge on any atom is -0.496 e. The Balaban J connectivity index is 2.06. The molecular weight excluding hydrogens is 240 g/mol. The molecule has 0 bridgehead atoms. The summed E-state index contributed by atoms with van der Waals surface area (Å²) in [7, 11) is 1.67. The van der Waals surface area contributed by atoms with Crippen LogP contribution in [-0.4, -0.2) is 12.1 Å². The standard InChI is InChI=1S/C15H16N2O2/c1-11-13(9-10-16)17-15(19-11)8-7-12-5-3-4-6-14(12)18-2/h3-6H,7-9H2,1-2H3. The van der Waals surface area contributed by atoms with E-state index in [0.717, 1.165) is 29.2 Å². The second-order valence-corrected chi connectivity index (χ2v) is 4.26. The second-order valence-electron chi connectivity index (χ2n) is 4.26. The van der Waals surface area contributed by atoms with Gasteiger partial charge >= 0.3 is 0 Å². The van der Waals surface area contributed by atoms with Gasteiger partial charge in [0, 0.05) is 6.42 Å². The van der Waals surface area contributed by atoms with Gasteiger partial charge in [-0.25, -0.2) is 4.98 Å². The van der Waals surface area contributed by atoms with E-state index in [1.54, 1.807) is 7.11 Å². The molecule has 0 unspecified atom stereocenters. The molecule has 0 radical (unpaired) electrons. The largest absolute Gasteiger partial charge is 0.496 e. The van der Waals surface area contributed by atoms with Gasteiger partial charge in [0.2, 0.25) is 0 Å². The van der Waals surface area contributed by atoms with Gasteiger partial charge < -0.3 is 9.15 Å². The molecule has 0 aliphatic heterocycles. The zero-order valence-corrected chi connectivity index (χ0v) is 11.1. The minimum absolute atomic E-state index is 0.296. The number of methoxy groups -OCH3 is 1. The summed E-state index contributed by atoms with van der Waals surface area (Å²) in [6, 6.07) is 9.99. The molecule has 0 amide bonds. The lowest BCUT2D eigenvalue weighted by molar-refractivity contribution is 0.408. The highest BCUT2D eigenvalue weighted by Gasteiger charge is 2.10. The predicted molar refractivity (Wildman–Crippen MR) is 71.0 cm³/mol. The molecule has 0 N–H and O–H groups in total. The monoisotopic (exact) mass is 256 g/mol. The van der Waals surface area contributed by atoms with Crippen LogP contribution in [0.1, 0.15) is 22.9 Å². The van der Waals surface area contributed by atoms with Crippen LogP contribution in [0.25, 0.3) is 0 Å². The number of hydrogen-bond donors (Lipinski definition) is 0. The van der Waals surface area contributed by atoms with Gasteiger partial charge in [0.1, 0.15) is 11.5 Å². The van der Waals surface area contributed by atoms with Crippen molar-refractivity contribution in [2.45, 2.75) is 26.2 Å². The van der Waals surface area contributed by atoms with E-state index >= 15 is 0 Å². The first-order valence-corrected chi connectivity index (χ1v) is 6.18. The van der Waals surface area contributed by atoms with Gasteiger partial charge in [0.05, 0.1) is 25.3 Å². The molecular formula is C15H16N2O2. The van der Waals surface area contributed by atoms with Gasteiger partial charge in [-0.2, -0.15) is 5.26 Å². The molecule has 1 aromatic heterocycles. The number of benzene rings is 1. The summed E-state index contributed by atoms with van der Waals surface area (Å²) < 4.78 is 10.9. The summed E-state index contributed by atoms with van der Waals surface area (Å²) in [5, 5.41) is 8.68. The van der Waals surface area contributed by atoms with Gasteiger partial charge in [-0.05, 0) is 25.0 Å². The number of aromatic nitrogens is 1. The van der Waals surface area contributed by atoms with Crippen molar-refractivity contribution in [2.75, 3.05) is 7.11 Å². The van der Waals surface area contributed by atoms with Gasteiger partial charge in [0.15, 0.2) is 5.89 Å². The summed E-state index contributed by atoms with van der Waals surface area (Å²) in [5.74, 6) is 2.29. The fraction of sp³-hybridized carbons (Fsp3) is 0.333. The number of hydrogen-bond acceptors (Lipinski definition) is 4. The van der Waals surface area contributed by atoms with Crippen LogP contribution in [0, 0.1) is 18.3 Å². The highest BCUT2D eigenvalue weighted by molar-refractivity contribution is 5.33. The zero-order valence-electron chi connectivity index (χ0n) is 11.1. The Morgan fingerprint density at radius 1 is 1.32 bits per heavy atom. The Morgan fingerprint density at radius 3 is 2.84 bits per heavy atom. The molecule has 2 rings (SSSR count). The number of ether oxygens (including phenoxy) is 1. The van der Waals surface area contributed by atoms with Crippen LogP contribution in [0.15, 0.2) is 28.7 Å². The number of oxazole rings is 1. The summed E-state index contributed by atoms with van der Waals surface area (Å²) in [5.41, 5.74) is 1.86. The molecule has 0 aliphatic rings. The molecule has 19 heavy (non-hydrogen) atoms. The second kappa shape index (κ2) is 6.05. The first-order chi connectivity index (χ1) is 9.24. The Morgan fingerprint density at radius 2 is 2.11 bits per heavy atom. The zero-order chi connectivity index (χ0) is 13.7. The van der Waals surface area contributed by atoms with Crippen LogP contribution in [-0.2, 0) is 19.3 Å². The van der Waals surface area contributed by atoms with Crippen molar-refractivity contribution in [1.82, 2.24) is 4.98 Å². The van der Waals surface area contributed by atoms with E-state index < -0.39 is 0 Å². The van der Waals surface area contributed by atoms with Crippen LogP contribution in [0.2, 0.25) is 0 Å². The summed E-state index contributed by atoms with van der Waals surface area (Å²) in [6.07, 6.45) is 1.80. The van der Waals surface area contributed by atoms with Gasteiger partial charge in [-0.3, -0.25) is 0 Å². The summed E-state index contributed by atoms with van der Waals surface area (Å²) in [6.45, 7) is 1.84. The molecule has 98 valence electrons. The minimum atomic E-state index is 0.296. The van der Waals surface area contributed by atoms with Crippen LogP contribution in [0.4, 0.5) is 0 Å². The third-order valence-corrected chi connectivity index (χ3v) is 2.98. The lowest BCUT2D eigenvalue weighted by Gasteiger charge is -2.06. The average Bonchev–Trinajstić information content (AvgIpc) is 2.78. The summed E-state index contributed by atoms with van der Waals surface area (Å²) in [4.78, 5) is 4.34. The van der Waals surface area contributed by atoms with E-state index in [0.29, 0.717) is 18.7 Å². The third-order valence-electron chi connectivity index (χ3n) is 2.98. The summed E-state index contributed by atoms with van der Waals surface area (Å²) >= 11 is 0. The Bertz CT molecular complexity index is 596. The maximum Gasteiger partial charge on any atom is 0.194 e. The molecule has 0 atom stereocenters. The van der Waals surface area contributed by atoms with Crippen LogP contribution in [0.3, 0.4) is 0 Å². The number of aryl methyl sites for hydroxylation is 3. The highest BCUT2D eigenvalue weighted by atomic mass is 16.5. The number of rotatable bonds is 5. The topological polar surface area (TPSA) is 59.0 Å². The van der Waals surface area contributed by atoms with Crippen molar-refractivity contribution in [3.05, 3.63) is 47.2 Å². The third kappa shape index (κ3) is 3.14. The molecule has 1 aromatic carbocycles. The van der Waals surface area contributed by atoms with E-state index in [1.807, 2.05) is 31.2 Å². The average molecular weight is 256 g/mol. The van der Waals surface area contributed by atoms with Crippen molar-refractivity contribution in [2.24, 2.45) is 0 Å². The molecule has 4 heteroatoms. The molecule has 4 nitrogen and oxygen atoms in total. The Kier molecular flexibility index (Phi) is 4.19. The SMILES string of the molecule is COc1ccccc1CCc1nc(CC#N)c(C)o1. The van der Waals surface area contributed by atoms with Crippen molar-refractivity contribution in [3.8, 4) is 11.8 Å². The van der Waals surface area contributed by atoms with Crippen molar-refractivity contribution < 1.29 is 9.15 Å². The molecule has 0 aliphatic carbocycles. The Hall–Kier alpha value is -2.28. The molecule has 0 spiro atoms. The van der Waals surface area contributed by atoms with E-state index in [2.05, 4.69) is 11.1 Å². The quantitative estimate of drug-likeness (QED) is 0.825. The van der Waals surface area contributed by atoms with Crippen molar-refractivity contribution >= 4 is 0 Å². The highest BCUT2D eigenvalue weighted by Crippen LogP contribution is 2.20. The molecule has 0 saturated heterocycles. The fourth-order valence-electron chi connectivity index (χ4n) is 1.98. The first-order valence-electron chi connectivity index (χ1n) is 6.18.